The monoisotopic (exact) mass is 264 g/mol. The summed E-state index contributed by atoms with van der Waals surface area (Å²) < 4.78 is 14.1. The molecule has 1 saturated carbocycles. The van der Waals surface area contributed by atoms with Crippen molar-refractivity contribution in [3.8, 4) is 0 Å². The first kappa shape index (κ1) is 14.5. The fourth-order valence-corrected chi connectivity index (χ4v) is 3.12. The molecule has 1 unspecified atom stereocenters. The summed E-state index contributed by atoms with van der Waals surface area (Å²) in [6.45, 7) is 2.11. The van der Waals surface area contributed by atoms with E-state index >= 15 is 0 Å². The predicted octanol–water partition coefficient (Wildman–Crippen LogP) is 2.39. The van der Waals surface area contributed by atoms with E-state index in [0.29, 0.717) is 11.9 Å². The van der Waals surface area contributed by atoms with Gasteiger partial charge in [-0.3, -0.25) is 0 Å². The van der Waals surface area contributed by atoms with Crippen LogP contribution in [0.25, 0.3) is 0 Å². The number of hydrogen-bond acceptors (Lipinski definition) is 2. The van der Waals surface area contributed by atoms with Crippen LogP contribution in [0.2, 0.25) is 0 Å². The van der Waals surface area contributed by atoms with Gasteiger partial charge in [-0.25, -0.2) is 4.39 Å². The van der Waals surface area contributed by atoms with Crippen molar-refractivity contribution in [3.63, 3.8) is 0 Å². The van der Waals surface area contributed by atoms with E-state index in [0.717, 1.165) is 31.2 Å². The van der Waals surface area contributed by atoms with Gasteiger partial charge in [0.1, 0.15) is 6.17 Å². The molecule has 19 heavy (non-hydrogen) atoms. The third-order valence-electron chi connectivity index (χ3n) is 4.27. The molecule has 0 bridgehead atoms. The van der Waals surface area contributed by atoms with Gasteiger partial charge in [-0.1, -0.05) is 37.6 Å². The van der Waals surface area contributed by atoms with Crippen molar-refractivity contribution >= 4 is 12.6 Å². The largest absolute Gasteiger partial charge is 0.488 e. The molecule has 1 aliphatic rings. The van der Waals surface area contributed by atoms with E-state index in [1.54, 1.807) is 12.1 Å². The van der Waals surface area contributed by atoms with Crippen molar-refractivity contribution in [1.29, 1.82) is 0 Å². The smallest absolute Gasteiger partial charge is 0.423 e. The van der Waals surface area contributed by atoms with Gasteiger partial charge in [-0.15, -0.1) is 0 Å². The van der Waals surface area contributed by atoms with E-state index in [4.69, 9.17) is 10.0 Å². The summed E-state index contributed by atoms with van der Waals surface area (Å²) in [6, 6.07) is 7.22. The fraction of sp³-hybridized carbons (Fsp3) is 0.600. The van der Waals surface area contributed by atoms with E-state index < -0.39 is 13.3 Å². The highest BCUT2D eigenvalue weighted by Gasteiger charge is 2.30. The molecule has 1 fully saturated rings. The van der Waals surface area contributed by atoms with Gasteiger partial charge in [0.05, 0.1) is 0 Å². The quantitative estimate of drug-likeness (QED) is 0.820. The Morgan fingerprint density at radius 2 is 1.89 bits per heavy atom. The van der Waals surface area contributed by atoms with E-state index in [-0.39, 0.29) is 11.8 Å². The zero-order valence-corrected chi connectivity index (χ0v) is 11.4. The van der Waals surface area contributed by atoms with Gasteiger partial charge in [0.25, 0.3) is 0 Å². The first-order valence-electron chi connectivity index (χ1n) is 7.22. The number of benzene rings is 1. The SMILES string of the molecule is CCC[C@@H]1CCC(c2ccc(B(O)O)cc2)C[C@H]1F. The highest BCUT2D eigenvalue weighted by Crippen LogP contribution is 2.39. The maximum absolute atomic E-state index is 14.1. The van der Waals surface area contributed by atoms with Gasteiger partial charge in [-0.05, 0) is 48.5 Å². The second-order valence-electron chi connectivity index (χ2n) is 5.62. The van der Waals surface area contributed by atoms with Crippen molar-refractivity contribution in [1.82, 2.24) is 0 Å². The number of rotatable bonds is 4. The minimum Gasteiger partial charge on any atom is -0.423 e. The Morgan fingerprint density at radius 3 is 2.42 bits per heavy atom. The topological polar surface area (TPSA) is 40.5 Å². The molecule has 0 saturated heterocycles. The lowest BCUT2D eigenvalue weighted by Crippen LogP contribution is -2.30. The standard InChI is InChI=1S/C15H22BFO2/c1-2-3-12-4-5-13(10-15(12)17)11-6-8-14(9-7-11)16(18)19/h6-9,12-13,15,18-19H,2-5,10H2,1H3/t12-,13?,15-/m1/s1. The van der Waals surface area contributed by atoms with Crippen LogP contribution in [0.3, 0.4) is 0 Å². The Kier molecular flexibility index (Phi) is 5.00. The molecular formula is C15H22BFO2. The Hall–Kier alpha value is -0.865. The minimum atomic E-state index is -1.43. The number of halogens is 1. The molecule has 104 valence electrons. The highest BCUT2D eigenvalue weighted by atomic mass is 19.1. The lowest BCUT2D eigenvalue weighted by molar-refractivity contribution is 0.142. The van der Waals surface area contributed by atoms with Crippen molar-refractivity contribution < 1.29 is 14.4 Å². The van der Waals surface area contributed by atoms with Gasteiger partial charge in [0.15, 0.2) is 0 Å². The highest BCUT2D eigenvalue weighted by molar-refractivity contribution is 6.58. The van der Waals surface area contributed by atoms with E-state index in [1.807, 2.05) is 12.1 Å². The first-order chi connectivity index (χ1) is 9.11. The third kappa shape index (κ3) is 3.57. The Morgan fingerprint density at radius 1 is 1.21 bits per heavy atom. The molecule has 0 heterocycles. The van der Waals surface area contributed by atoms with Crippen molar-refractivity contribution in [2.75, 3.05) is 0 Å². The van der Waals surface area contributed by atoms with Crippen molar-refractivity contribution in [2.45, 2.75) is 51.1 Å². The lowest BCUT2D eigenvalue weighted by atomic mass is 9.74. The summed E-state index contributed by atoms with van der Waals surface area (Å²) in [6.07, 6.45) is 3.95. The summed E-state index contributed by atoms with van der Waals surface area (Å²) in [5.41, 5.74) is 1.60. The Labute approximate surface area is 114 Å². The average Bonchev–Trinajstić information content (AvgIpc) is 2.41. The first-order valence-corrected chi connectivity index (χ1v) is 7.22. The van der Waals surface area contributed by atoms with E-state index in [9.17, 15) is 4.39 Å². The van der Waals surface area contributed by atoms with Crippen LogP contribution >= 0.6 is 0 Å². The molecule has 1 aromatic rings. The van der Waals surface area contributed by atoms with Gasteiger partial charge in [0.2, 0.25) is 0 Å². The van der Waals surface area contributed by atoms with Crippen LogP contribution in [-0.2, 0) is 0 Å². The molecule has 2 rings (SSSR count). The molecular weight excluding hydrogens is 242 g/mol. The molecule has 2 N–H and O–H groups in total. The summed E-state index contributed by atoms with van der Waals surface area (Å²) in [4.78, 5) is 0. The lowest BCUT2D eigenvalue weighted by Gasteiger charge is -2.32. The zero-order chi connectivity index (χ0) is 13.8. The second-order valence-corrected chi connectivity index (χ2v) is 5.62. The molecule has 0 spiro atoms. The van der Waals surface area contributed by atoms with Gasteiger partial charge >= 0.3 is 7.12 Å². The molecule has 0 amide bonds. The van der Waals surface area contributed by atoms with Crippen LogP contribution in [0.15, 0.2) is 24.3 Å². The summed E-state index contributed by atoms with van der Waals surface area (Å²) in [5.74, 6) is 0.507. The molecule has 0 aromatic heterocycles. The fourth-order valence-electron chi connectivity index (χ4n) is 3.12. The van der Waals surface area contributed by atoms with Crippen LogP contribution in [0.4, 0.5) is 4.39 Å². The molecule has 1 aliphatic carbocycles. The molecule has 2 nitrogen and oxygen atoms in total. The Balaban J connectivity index is 2.00. The Bertz CT molecular complexity index is 394. The van der Waals surface area contributed by atoms with E-state index in [1.165, 1.54) is 0 Å². The molecule has 3 atom stereocenters. The van der Waals surface area contributed by atoms with Crippen LogP contribution < -0.4 is 5.46 Å². The second kappa shape index (κ2) is 6.53. The molecule has 0 radical (unpaired) electrons. The van der Waals surface area contributed by atoms with Crippen LogP contribution in [0.1, 0.15) is 50.5 Å². The van der Waals surface area contributed by atoms with Gasteiger partial charge in [-0.2, -0.15) is 0 Å². The normalized spacial score (nSPS) is 27.3. The average molecular weight is 264 g/mol. The van der Waals surface area contributed by atoms with Crippen LogP contribution in [-0.4, -0.2) is 23.3 Å². The maximum Gasteiger partial charge on any atom is 0.488 e. The van der Waals surface area contributed by atoms with Gasteiger partial charge < -0.3 is 10.0 Å². The third-order valence-corrected chi connectivity index (χ3v) is 4.27. The summed E-state index contributed by atoms with van der Waals surface area (Å²) in [7, 11) is -1.43. The molecule has 0 aliphatic heterocycles. The van der Waals surface area contributed by atoms with Gasteiger partial charge in [0, 0.05) is 0 Å². The molecule has 4 heteroatoms. The molecule has 1 aromatic carbocycles. The summed E-state index contributed by atoms with van der Waals surface area (Å²) in [5, 5.41) is 18.1. The van der Waals surface area contributed by atoms with Crippen molar-refractivity contribution in [3.05, 3.63) is 29.8 Å². The maximum atomic E-state index is 14.1. The number of alkyl halides is 1. The van der Waals surface area contributed by atoms with E-state index in [2.05, 4.69) is 6.92 Å². The summed E-state index contributed by atoms with van der Waals surface area (Å²) >= 11 is 0. The number of hydrogen-bond donors (Lipinski definition) is 2. The minimum absolute atomic E-state index is 0.236. The van der Waals surface area contributed by atoms with Crippen molar-refractivity contribution in [2.24, 2.45) is 5.92 Å². The predicted molar refractivity (Wildman–Crippen MR) is 76.2 cm³/mol. The van der Waals surface area contributed by atoms with Crippen LogP contribution in [0, 0.1) is 5.92 Å². The zero-order valence-electron chi connectivity index (χ0n) is 11.4. The van der Waals surface area contributed by atoms with Crippen LogP contribution in [0.5, 0.6) is 0 Å².